The lowest BCUT2D eigenvalue weighted by Gasteiger charge is -2.28. The molecule has 5 nitrogen and oxygen atoms in total. The summed E-state index contributed by atoms with van der Waals surface area (Å²) in [6, 6.07) is 4.46. The zero-order valence-corrected chi connectivity index (χ0v) is 12.6. The topological polar surface area (TPSA) is 46.6 Å². The van der Waals surface area contributed by atoms with Crippen molar-refractivity contribution in [2.24, 2.45) is 5.92 Å². The minimum atomic E-state index is 0.302. The van der Waals surface area contributed by atoms with E-state index in [1.54, 1.807) is 7.11 Å². The van der Waals surface area contributed by atoms with Gasteiger partial charge in [0.1, 0.15) is 5.82 Å². The van der Waals surface area contributed by atoms with Crippen LogP contribution in [0.15, 0.2) is 18.3 Å². The number of methoxy groups -OCH3 is 1. The van der Waals surface area contributed by atoms with E-state index in [0.29, 0.717) is 18.6 Å². The summed E-state index contributed by atoms with van der Waals surface area (Å²) in [6.07, 6.45) is 1.90. The third-order valence-electron chi connectivity index (χ3n) is 3.59. The first-order valence-corrected chi connectivity index (χ1v) is 7.25. The molecule has 1 aliphatic rings. The van der Waals surface area contributed by atoms with E-state index in [1.165, 1.54) is 0 Å². The maximum atomic E-state index is 5.36. The van der Waals surface area contributed by atoms with E-state index in [-0.39, 0.29) is 0 Å². The van der Waals surface area contributed by atoms with Gasteiger partial charge in [0.15, 0.2) is 0 Å². The first-order chi connectivity index (χ1) is 9.70. The molecule has 5 heteroatoms. The second-order valence-corrected chi connectivity index (χ2v) is 5.45. The summed E-state index contributed by atoms with van der Waals surface area (Å²) in [4.78, 5) is 6.79. The summed E-state index contributed by atoms with van der Waals surface area (Å²) < 4.78 is 10.6. The third kappa shape index (κ3) is 4.08. The second kappa shape index (κ2) is 7.45. The van der Waals surface area contributed by atoms with E-state index in [1.807, 2.05) is 6.20 Å². The van der Waals surface area contributed by atoms with Crippen LogP contribution in [0.4, 0.5) is 11.5 Å². The molecule has 1 unspecified atom stereocenters. The molecule has 112 valence electrons. The number of ether oxygens (including phenoxy) is 2. The number of nitrogens with zero attached hydrogens (tertiary/aromatic N) is 2. The molecule has 0 saturated carbocycles. The van der Waals surface area contributed by atoms with Crippen molar-refractivity contribution in [3.8, 4) is 0 Å². The molecule has 0 bridgehead atoms. The highest BCUT2D eigenvalue weighted by atomic mass is 16.5. The highest BCUT2D eigenvalue weighted by Gasteiger charge is 2.14. The SMILES string of the molecule is COCC(Nc1ccc(N2CCOCC2)nc1)C(C)C. The molecule has 1 aromatic rings. The number of hydrogen-bond acceptors (Lipinski definition) is 5. The van der Waals surface area contributed by atoms with Gasteiger partial charge in [0, 0.05) is 20.2 Å². The van der Waals surface area contributed by atoms with E-state index in [0.717, 1.165) is 37.8 Å². The highest BCUT2D eigenvalue weighted by molar-refractivity contribution is 5.49. The van der Waals surface area contributed by atoms with Crippen LogP contribution in [0.1, 0.15) is 13.8 Å². The van der Waals surface area contributed by atoms with Gasteiger partial charge in [0.25, 0.3) is 0 Å². The number of hydrogen-bond donors (Lipinski definition) is 1. The molecule has 0 amide bonds. The van der Waals surface area contributed by atoms with Gasteiger partial charge in [-0.1, -0.05) is 13.8 Å². The van der Waals surface area contributed by atoms with E-state index in [4.69, 9.17) is 9.47 Å². The number of anilines is 2. The van der Waals surface area contributed by atoms with Crippen LogP contribution in [0, 0.1) is 5.92 Å². The Balaban J connectivity index is 1.96. The van der Waals surface area contributed by atoms with Crippen molar-refractivity contribution in [3.63, 3.8) is 0 Å². The lowest BCUT2D eigenvalue weighted by atomic mass is 10.1. The smallest absolute Gasteiger partial charge is 0.128 e. The van der Waals surface area contributed by atoms with E-state index < -0.39 is 0 Å². The average Bonchev–Trinajstić information content (AvgIpc) is 2.48. The Hall–Kier alpha value is -1.33. The van der Waals surface area contributed by atoms with Crippen molar-refractivity contribution in [1.29, 1.82) is 0 Å². The van der Waals surface area contributed by atoms with Crippen LogP contribution >= 0.6 is 0 Å². The Morgan fingerprint density at radius 3 is 2.65 bits per heavy atom. The minimum absolute atomic E-state index is 0.302. The maximum absolute atomic E-state index is 5.36. The zero-order chi connectivity index (χ0) is 14.4. The van der Waals surface area contributed by atoms with E-state index in [9.17, 15) is 0 Å². The predicted octanol–water partition coefficient (Wildman–Crippen LogP) is 2.00. The number of aromatic nitrogens is 1. The fraction of sp³-hybridized carbons (Fsp3) is 0.667. The second-order valence-electron chi connectivity index (χ2n) is 5.45. The molecule has 0 aliphatic carbocycles. The molecule has 1 aromatic heterocycles. The van der Waals surface area contributed by atoms with Crippen molar-refractivity contribution in [1.82, 2.24) is 4.98 Å². The van der Waals surface area contributed by atoms with Gasteiger partial charge in [-0.15, -0.1) is 0 Å². The third-order valence-corrected chi connectivity index (χ3v) is 3.59. The quantitative estimate of drug-likeness (QED) is 0.863. The lowest BCUT2D eigenvalue weighted by Crippen LogP contribution is -2.36. The summed E-state index contributed by atoms with van der Waals surface area (Å²) in [7, 11) is 1.73. The first-order valence-electron chi connectivity index (χ1n) is 7.25. The molecule has 1 aliphatic heterocycles. The molecular weight excluding hydrogens is 254 g/mol. The van der Waals surface area contributed by atoms with E-state index >= 15 is 0 Å². The molecule has 1 saturated heterocycles. The Kier molecular flexibility index (Phi) is 5.61. The first kappa shape index (κ1) is 15.1. The van der Waals surface area contributed by atoms with Crippen molar-refractivity contribution >= 4 is 11.5 Å². The summed E-state index contributed by atoms with van der Waals surface area (Å²) in [5.41, 5.74) is 1.04. The van der Waals surface area contributed by atoms with Crippen LogP contribution in [-0.2, 0) is 9.47 Å². The predicted molar refractivity (Wildman–Crippen MR) is 81.4 cm³/mol. The van der Waals surface area contributed by atoms with Crippen LogP contribution in [0.25, 0.3) is 0 Å². The van der Waals surface area contributed by atoms with Crippen LogP contribution < -0.4 is 10.2 Å². The normalized spacial score (nSPS) is 17.3. The molecule has 20 heavy (non-hydrogen) atoms. The molecule has 1 atom stereocenters. The molecule has 0 radical (unpaired) electrons. The van der Waals surface area contributed by atoms with Gasteiger partial charge in [-0.2, -0.15) is 0 Å². The molecule has 1 fully saturated rings. The number of nitrogens with one attached hydrogen (secondary N) is 1. The Morgan fingerprint density at radius 2 is 2.10 bits per heavy atom. The molecule has 0 aromatic carbocycles. The molecular formula is C15H25N3O2. The standard InChI is InChI=1S/C15H25N3O2/c1-12(2)14(11-19-3)17-13-4-5-15(16-10-13)18-6-8-20-9-7-18/h4-5,10,12,14,17H,6-9,11H2,1-3H3. The number of morpholine rings is 1. The highest BCUT2D eigenvalue weighted by Crippen LogP contribution is 2.17. The minimum Gasteiger partial charge on any atom is -0.383 e. The van der Waals surface area contributed by atoms with Crippen molar-refractivity contribution in [2.75, 3.05) is 50.2 Å². The summed E-state index contributed by atoms with van der Waals surface area (Å²) >= 11 is 0. The van der Waals surface area contributed by atoms with Crippen LogP contribution in [0.5, 0.6) is 0 Å². The van der Waals surface area contributed by atoms with Gasteiger partial charge in [0.2, 0.25) is 0 Å². The number of pyridine rings is 1. The van der Waals surface area contributed by atoms with E-state index in [2.05, 4.69) is 41.2 Å². The molecule has 0 spiro atoms. The average molecular weight is 279 g/mol. The summed E-state index contributed by atoms with van der Waals surface area (Å²) in [6.45, 7) is 8.47. The number of rotatable bonds is 6. The van der Waals surface area contributed by atoms with Gasteiger partial charge in [0.05, 0.1) is 37.7 Å². The Bertz CT molecular complexity index is 389. The Morgan fingerprint density at radius 1 is 1.35 bits per heavy atom. The van der Waals surface area contributed by atoms with Gasteiger partial charge >= 0.3 is 0 Å². The van der Waals surface area contributed by atoms with Gasteiger partial charge in [-0.05, 0) is 18.1 Å². The Labute approximate surface area is 121 Å². The summed E-state index contributed by atoms with van der Waals surface area (Å²) in [5.74, 6) is 1.53. The molecule has 2 rings (SSSR count). The lowest BCUT2D eigenvalue weighted by molar-refractivity contribution is 0.122. The summed E-state index contributed by atoms with van der Waals surface area (Å²) in [5, 5.41) is 3.48. The van der Waals surface area contributed by atoms with Crippen molar-refractivity contribution in [3.05, 3.63) is 18.3 Å². The van der Waals surface area contributed by atoms with Gasteiger partial charge in [-0.25, -0.2) is 4.98 Å². The van der Waals surface area contributed by atoms with Crippen LogP contribution in [-0.4, -0.2) is 51.0 Å². The van der Waals surface area contributed by atoms with Gasteiger partial charge in [-0.3, -0.25) is 0 Å². The molecule has 2 heterocycles. The van der Waals surface area contributed by atoms with Crippen molar-refractivity contribution in [2.45, 2.75) is 19.9 Å². The zero-order valence-electron chi connectivity index (χ0n) is 12.6. The molecule has 1 N–H and O–H groups in total. The fourth-order valence-electron chi connectivity index (χ4n) is 2.25. The maximum Gasteiger partial charge on any atom is 0.128 e. The fourth-order valence-corrected chi connectivity index (χ4v) is 2.25. The van der Waals surface area contributed by atoms with Crippen LogP contribution in [0.2, 0.25) is 0 Å². The van der Waals surface area contributed by atoms with Crippen LogP contribution in [0.3, 0.4) is 0 Å². The van der Waals surface area contributed by atoms with Gasteiger partial charge < -0.3 is 19.7 Å². The largest absolute Gasteiger partial charge is 0.383 e. The van der Waals surface area contributed by atoms with Crippen molar-refractivity contribution < 1.29 is 9.47 Å². The monoisotopic (exact) mass is 279 g/mol.